The number of aryl methyl sites for hydroxylation is 1. The molecule has 6 nitrogen and oxygen atoms in total. The van der Waals surface area contributed by atoms with Crippen LogP contribution < -0.4 is 10.6 Å². The van der Waals surface area contributed by atoms with Crippen LogP contribution in [0.1, 0.15) is 36.1 Å². The van der Waals surface area contributed by atoms with E-state index in [2.05, 4.69) is 16.7 Å². The molecule has 2 atom stereocenters. The van der Waals surface area contributed by atoms with Crippen LogP contribution in [0, 0.1) is 0 Å². The lowest BCUT2D eigenvalue weighted by molar-refractivity contribution is -0.135. The normalized spacial score (nSPS) is 20.8. The van der Waals surface area contributed by atoms with E-state index in [1.807, 2.05) is 67.6 Å². The smallest absolute Gasteiger partial charge is 0.325 e. The number of benzene rings is 3. The minimum atomic E-state index is -0.949. The molecule has 0 radical (unpaired) electrons. The molecule has 2 unspecified atom stereocenters. The Hall–Kier alpha value is -3.67. The fourth-order valence-electron chi connectivity index (χ4n) is 4.84. The molecule has 1 heterocycles. The van der Waals surface area contributed by atoms with Gasteiger partial charge in [-0.15, -0.1) is 0 Å². The second kappa shape index (κ2) is 7.79. The van der Waals surface area contributed by atoms with Gasteiger partial charge in [0.15, 0.2) is 0 Å². The molecule has 3 aromatic carbocycles. The zero-order valence-electron chi connectivity index (χ0n) is 17.9. The van der Waals surface area contributed by atoms with Crippen molar-refractivity contribution in [1.82, 2.24) is 15.5 Å². The fraction of sp³-hybridized carbons (Fsp3) is 0.269. The summed E-state index contributed by atoms with van der Waals surface area (Å²) in [5.74, 6) is -0.673. The van der Waals surface area contributed by atoms with Crippen LogP contribution in [0.2, 0.25) is 0 Å². The number of urea groups is 1. The van der Waals surface area contributed by atoms with Gasteiger partial charge in [-0.2, -0.15) is 0 Å². The molecule has 1 saturated heterocycles. The summed E-state index contributed by atoms with van der Waals surface area (Å²) in [5, 5.41) is 8.03. The number of hydrogen-bond acceptors (Lipinski definition) is 3. The molecule has 1 aliphatic carbocycles. The van der Waals surface area contributed by atoms with Crippen LogP contribution in [-0.4, -0.2) is 34.8 Å². The quantitative estimate of drug-likeness (QED) is 0.626. The lowest BCUT2D eigenvalue weighted by Crippen LogP contribution is -2.51. The third-order valence-corrected chi connectivity index (χ3v) is 6.63. The van der Waals surface area contributed by atoms with E-state index in [1.54, 1.807) is 0 Å². The van der Waals surface area contributed by atoms with Crippen molar-refractivity contribution in [2.45, 2.75) is 37.8 Å². The van der Waals surface area contributed by atoms with Gasteiger partial charge in [0.25, 0.3) is 5.91 Å². The zero-order valence-corrected chi connectivity index (χ0v) is 17.9. The molecule has 1 aliphatic heterocycles. The van der Waals surface area contributed by atoms with Crippen molar-refractivity contribution in [2.75, 3.05) is 6.54 Å². The number of fused-ring (bicyclic) bond motifs is 2. The summed E-state index contributed by atoms with van der Waals surface area (Å²) in [5.41, 5.74) is 2.30. The van der Waals surface area contributed by atoms with Gasteiger partial charge in [0.05, 0.1) is 6.04 Å². The summed E-state index contributed by atoms with van der Waals surface area (Å²) in [6, 6.07) is 21.3. The Kier molecular flexibility index (Phi) is 4.93. The maximum Gasteiger partial charge on any atom is 0.325 e. The lowest BCUT2D eigenvalue weighted by Gasteiger charge is -2.32. The van der Waals surface area contributed by atoms with Crippen LogP contribution in [0.25, 0.3) is 10.8 Å². The number of nitrogens with one attached hydrogen (secondary N) is 2. The van der Waals surface area contributed by atoms with Gasteiger partial charge in [-0.1, -0.05) is 60.7 Å². The second-order valence-electron chi connectivity index (χ2n) is 8.74. The SMILES string of the molecule is CC(NC(=O)CN1C(=O)NC2(CCc3ccccc3C2)C1=O)c1ccc2ccccc2c1. The van der Waals surface area contributed by atoms with Crippen molar-refractivity contribution >= 4 is 28.6 Å². The molecule has 32 heavy (non-hydrogen) atoms. The highest BCUT2D eigenvalue weighted by atomic mass is 16.2. The van der Waals surface area contributed by atoms with Gasteiger partial charge in [0, 0.05) is 6.42 Å². The minimum absolute atomic E-state index is 0.247. The van der Waals surface area contributed by atoms with Crippen molar-refractivity contribution in [3.05, 3.63) is 83.4 Å². The number of carbonyl (C=O) groups excluding carboxylic acids is 3. The van der Waals surface area contributed by atoms with Crippen LogP contribution in [0.5, 0.6) is 0 Å². The van der Waals surface area contributed by atoms with Crippen molar-refractivity contribution < 1.29 is 14.4 Å². The molecule has 162 valence electrons. The first kappa shape index (κ1) is 20.2. The molecule has 0 bridgehead atoms. The number of hydrogen-bond donors (Lipinski definition) is 2. The second-order valence-corrected chi connectivity index (χ2v) is 8.74. The molecule has 5 rings (SSSR count). The number of nitrogens with zero attached hydrogens (tertiary/aromatic N) is 1. The molecule has 4 amide bonds. The van der Waals surface area contributed by atoms with Gasteiger partial charge in [-0.25, -0.2) is 4.79 Å². The molecule has 0 aromatic heterocycles. The highest BCUT2D eigenvalue weighted by molar-refractivity contribution is 6.09. The van der Waals surface area contributed by atoms with Gasteiger partial charge < -0.3 is 10.6 Å². The average molecular weight is 428 g/mol. The maximum absolute atomic E-state index is 13.2. The Morgan fingerprint density at radius 3 is 2.56 bits per heavy atom. The van der Waals surface area contributed by atoms with E-state index in [4.69, 9.17) is 0 Å². The number of amides is 4. The third-order valence-electron chi connectivity index (χ3n) is 6.63. The molecule has 3 aromatic rings. The van der Waals surface area contributed by atoms with Crippen molar-refractivity contribution in [2.24, 2.45) is 0 Å². The Morgan fingerprint density at radius 1 is 1.03 bits per heavy atom. The Labute approximate surface area is 186 Å². The molecular formula is C26H25N3O3. The van der Waals surface area contributed by atoms with E-state index in [-0.39, 0.29) is 24.4 Å². The predicted molar refractivity (Wildman–Crippen MR) is 122 cm³/mol. The number of rotatable bonds is 4. The van der Waals surface area contributed by atoms with Gasteiger partial charge in [-0.05, 0) is 53.3 Å². The molecular weight excluding hydrogens is 402 g/mol. The first-order valence-electron chi connectivity index (χ1n) is 10.9. The summed E-state index contributed by atoms with van der Waals surface area (Å²) >= 11 is 0. The van der Waals surface area contributed by atoms with E-state index in [0.29, 0.717) is 12.8 Å². The Balaban J connectivity index is 1.27. The molecule has 6 heteroatoms. The largest absolute Gasteiger partial charge is 0.348 e. The topological polar surface area (TPSA) is 78.5 Å². The lowest BCUT2D eigenvalue weighted by atomic mass is 9.78. The molecule has 2 aliphatic rings. The van der Waals surface area contributed by atoms with Crippen molar-refractivity contribution in [3.8, 4) is 0 Å². The van der Waals surface area contributed by atoms with Crippen molar-refractivity contribution in [3.63, 3.8) is 0 Å². The zero-order chi connectivity index (χ0) is 22.3. The van der Waals surface area contributed by atoms with Crippen LogP contribution in [0.15, 0.2) is 66.7 Å². The summed E-state index contributed by atoms with van der Waals surface area (Å²) in [6.07, 6.45) is 1.72. The maximum atomic E-state index is 13.2. The number of carbonyl (C=O) groups is 3. The number of imide groups is 1. The highest BCUT2D eigenvalue weighted by Gasteiger charge is 2.52. The fourth-order valence-corrected chi connectivity index (χ4v) is 4.84. The van der Waals surface area contributed by atoms with Crippen LogP contribution in [0.4, 0.5) is 4.79 Å². The van der Waals surface area contributed by atoms with Gasteiger partial charge in [-0.3, -0.25) is 14.5 Å². The average Bonchev–Trinajstić information content (AvgIpc) is 3.02. The third kappa shape index (κ3) is 3.51. The summed E-state index contributed by atoms with van der Waals surface area (Å²) in [4.78, 5) is 39.6. The van der Waals surface area contributed by atoms with E-state index in [1.165, 1.54) is 5.56 Å². The monoisotopic (exact) mass is 427 g/mol. The van der Waals surface area contributed by atoms with Gasteiger partial charge in [0.1, 0.15) is 12.1 Å². The summed E-state index contributed by atoms with van der Waals surface area (Å²) in [6.45, 7) is 1.61. The van der Waals surface area contributed by atoms with Crippen LogP contribution in [0.3, 0.4) is 0 Å². The standard InChI is InChI=1S/C26H25N3O3/c1-17(20-11-10-18-6-2-4-8-21(18)14-20)27-23(30)16-29-24(31)26(28-25(29)32)13-12-19-7-3-5-9-22(19)15-26/h2-11,14,17H,12-13,15-16H2,1H3,(H,27,30)(H,28,32). The Bertz CT molecular complexity index is 1240. The molecule has 2 N–H and O–H groups in total. The molecule has 1 fully saturated rings. The summed E-state index contributed by atoms with van der Waals surface area (Å²) in [7, 11) is 0. The van der Waals surface area contributed by atoms with E-state index in [0.717, 1.165) is 33.2 Å². The Morgan fingerprint density at radius 2 is 1.75 bits per heavy atom. The van der Waals surface area contributed by atoms with Gasteiger partial charge in [0.2, 0.25) is 5.91 Å². The van der Waals surface area contributed by atoms with Crippen molar-refractivity contribution in [1.29, 1.82) is 0 Å². The van der Waals surface area contributed by atoms with Gasteiger partial charge >= 0.3 is 6.03 Å². The minimum Gasteiger partial charge on any atom is -0.348 e. The highest BCUT2D eigenvalue weighted by Crippen LogP contribution is 2.33. The van der Waals surface area contributed by atoms with E-state index < -0.39 is 11.6 Å². The summed E-state index contributed by atoms with van der Waals surface area (Å²) < 4.78 is 0. The van der Waals surface area contributed by atoms with Crippen LogP contribution >= 0.6 is 0 Å². The molecule has 0 saturated carbocycles. The van der Waals surface area contributed by atoms with Crippen LogP contribution in [-0.2, 0) is 22.4 Å². The van der Waals surface area contributed by atoms with E-state index in [9.17, 15) is 14.4 Å². The predicted octanol–water partition coefficient (Wildman–Crippen LogP) is 3.50. The van der Waals surface area contributed by atoms with E-state index >= 15 is 0 Å². The first-order chi connectivity index (χ1) is 15.4. The first-order valence-corrected chi connectivity index (χ1v) is 10.9. The molecule has 1 spiro atoms.